The van der Waals surface area contributed by atoms with Gasteiger partial charge in [-0.3, -0.25) is 4.79 Å². The number of esters is 1. The van der Waals surface area contributed by atoms with Gasteiger partial charge in [0, 0.05) is 5.56 Å². The number of ether oxygens (including phenoxy) is 1. The van der Waals surface area contributed by atoms with Gasteiger partial charge in [0.05, 0.1) is 5.92 Å². The first-order valence-corrected chi connectivity index (χ1v) is 8.66. The van der Waals surface area contributed by atoms with Crippen molar-refractivity contribution in [2.75, 3.05) is 0 Å². The number of hydrogen-bond donors (Lipinski definition) is 0. The third-order valence-electron chi connectivity index (χ3n) is 4.26. The van der Waals surface area contributed by atoms with E-state index in [1.54, 1.807) is 6.07 Å². The predicted octanol–water partition coefficient (Wildman–Crippen LogP) is 4.38. The highest BCUT2D eigenvalue weighted by atomic mass is 32.1. The van der Waals surface area contributed by atoms with Crippen LogP contribution in [0, 0.1) is 24.6 Å². The maximum absolute atomic E-state index is 14.2. The van der Waals surface area contributed by atoms with Gasteiger partial charge in [0.1, 0.15) is 10.0 Å². The fourth-order valence-electron chi connectivity index (χ4n) is 2.82. The van der Waals surface area contributed by atoms with Gasteiger partial charge in [0.25, 0.3) is 0 Å². The minimum Gasteiger partial charge on any atom is -0.423 e. The van der Waals surface area contributed by atoms with Crippen molar-refractivity contribution in [3.8, 4) is 16.3 Å². The summed E-state index contributed by atoms with van der Waals surface area (Å²) in [5.41, 5.74) is 0.638. The highest BCUT2D eigenvalue weighted by molar-refractivity contribution is 7.14. The van der Waals surface area contributed by atoms with Crippen LogP contribution in [0.3, 0.4) is 0 Å². The van der Waals surface area contributed by atoms with Crippen LogP contribution in [-0.4, -0.2) is 16.2 Å². The quantitative estimate of drug-likeness (QED) is 0.617. The first-order chi connectivity index (χ1) is 11.0. The molecule has 0 radical (unpaired) electrons. The van der Waals surface area contributed by atoms with Crippen LogP contribution in [0.4, 0.5) is 4.39 Å². The Morgan fingerprint density at radius 3 is 2.61 bits per heavy atom. The van der Waals surface area contributed by atoms with Gasteiger partial charge in [-0.05, 0) is 56.7 Å². The molecule has 122 valence electrons. The van der Waals surface area contributed by atoms with Gasteiger partial charge in [0.2, 0.25) is 0 Å². The molecule has 3 rings (SSSR count). The van der Waals surface area contributed by atoms with E-state index in [2.05, 4.69) is 17.1 Å². The Balaban J connectivity index is 1.70. The molecule has 0 unspecified atom stereocenters. The highest BCUT2D eigenvalue weighted by Crippen LogP contribution is 2.31. The lowest BCUT2D eigenvalue weighted by Gasteiger charge is -2.24. The van der Waals surface area contributed by atoms with Gasteiger partial charge >= 0.3 is 5.97 Å². The monoisotopic (exact) mass is 334 g/mol. The molecule has 0 spiro atoms. The second-order valence-corrected chi connectivity index (χ2v) is 7.33. The Morgan fingerprint density at radius 1 is 1.26 bits per heavy atom. The predicted molar refractivity (Wildman–Crippen MR) is 86.8 cm³/mol. The van der Waals surface area contributed by atoms with E-state index in [9.17, 15) is 9.18 Å². The van der Waals surface area contributed by atoms with E-state index < -0.39 is 5.82 Å². The van der Waals surface area contributed by atoms with E-state index in [0.717, 1.165) is 30.7 Å². The average Bonchev–Trinajstić information content (AvgIpc) is 2.96. The molecule has 1 aliphatic rings. The molecule has 0 bridgehead atoms. The second-order valence-electron chi connectivity index (χ2n) is 6.15. The molecule has 0 N–H and O–H groups in total. The lowest BCUT2D eigenvalue weighted by Crippen LogP contribution is -2.25. The normalized spacial score (nSPS) is 21.2. The van der Waals surface area contributed by atoms with Crippen molar-refractivity contribution in [3.05, 3.63) is 29.0 Å². The van der Waals surface area contributed by atoms with Gasteiger partial charge in [-0.15, -0.1) is 10.2 Å². The molecular weight excluding hydrogens is 315 g/mol. The van der Waals surface area contributed by atoms with E-state index in [4.69, 9.17) is 4.74 Å². The van der Waals surface area contributed by atoms with Crippen molar-refractivity contribution in [2.45, 2.75) is 39.5 Å². The van der Waals surface area contributed by atoms with E-state index in [1.807, 2.05) is 6.92 Å². The number of carbonyl (C=O) groups is 1. The summed E-state index contributed by atoms with van der Waals surface area (Å²) in [7, 11) is 0. The molecule has 0 saturated heterocycles. The summed E-state index contributed by atoms with van der Waals surface area (Å²) >= 11 is 1.40. The maximum Gasteiger partial charge on any atom is 0.314 e. The van der Waals surface area contributed by atoms with Crippen molar-refractivity contribution >= 4 is 17.3 Å². The van der Waals surface area contributed by atoms with Crippen LogP contribution in [0.1, 0.15) is 37.6 Å². The largest absolute Gasteiger partial charge is 0.423 e. The highest BCUT2D eigenvalue weighted by Gasteiger charge is 2.26. The van der Waals surface area contributed by atoms with Crippen LogP contribution >= 0.6 is 11.3 Å². The fourth-order valence-corrected chi connectivity index (χ4v) is 3.51. The average molecular weight is 334 g/mol. The van der Waals surface area contributed by atoms with Gasteiger partial charge in [-0.1, -0.05) is 18.3 Å². The van der Waals surface area contributed by atoms with Crippen molar-refractivity contribution < 1.29 is 13.9 Å². The van der Waals surface area contributed by atoms with E-state index in [-0.39, 0.29) is 17.6 Å². The topological polar surface area (TPSA) is 52.1 Å². The molecular formula is C17H19FN2O2S. The number of benzene rings is 1. The molecule has 23 heavy (non-hydrogen) atoms. The Bertz CT molecular complexity index is 708. The molecule has 6 heteroatoms. The van der Waals surface area contributed by atoms with Crippen molar-refractivity contribution in [3.63, 3.8) is 0 Å². The molecule has 0 amide bonds. The van der Waals surface area contributed by atoms with Crippen LogP contribution in [0.25, 0.3) is 10.6 Å². The minimum absolute atomic E-state index is 0.0152. The third-order valence-corrected chi connectivity index (χ3v) is 5.15. The zero-order valence-electron chi connectivity index (χ0n) is 13.2. The lowest BCUT2D eigenvalue weighted by molar-refractivity contribution is -0.140. The van der Waals surface area contributed by atoms with E-state index in [0.29, 0.717) is 16.5 Å². The Hall–Kier alpha value is -1.82. The van der Waals surface area contributed by atoms with E-state index >= 15 is 0 Å². The van der Waals surface area contributed by atoms with Crippen molar-refractivity contribution in [2.24, 2.45) is 11.8 Å². The van der Waals surface area contributed by atoms with Crippen LogP contribution in [0.15, 0.2) is 18.2 Å². The van der Waals surface area contributed by atoms with Crippen LogP contribution in [-0.2, 0) is 4.79 Å². The van der Waals surface area contributed by atoms with Crippen LogP contribution < -0.4 is 4.74 Å². The Kier molecular flexibility index (Phi) is 4.71. The summed E-state index contributed by atoms with van der Waals surface area (Å²) in [4.78, 5) is 12.2. The minimum atomic E-state index is -0.548. The number of halogens is 1. The summed E-state index contributed by atoms with van der Waals surface area (Å²) in [6.45, 7) is 4.04. The van der Waals surface area contributed by atoms with Crippen LogP contribution in [0.2, 0.25) is 0 Å². The van der Waals surface area contributed by atoms with Crippen molar-refractivity contribution in [1.82, 2.24) is 10.2 Å². The fraction of sp³-hybridized carbons (Fsp3) is 0.471. The summed E-state index contributed by atoms with van der Waals surface area (Å²) < 4.78 is 19.5. The van der Waals surface area contributed by atoms with Gasteiger partial charge in [-0.25, -0.2) is 4.39 Å². The van der Waals surface area contributed by atoms with Gasteiger partial charge in [-0.2, -0.15) is 0 Å². The van der Waals surface area contributed by atoms with Crippen LogP contribution in [0.5, 0.6) is 5.75 Å². The van der Waals surface area contributed by atoms with E-state index in [1.165, 1.54) is 23.5 Å². The molecule has 0 aliphatic heterocycles. The third kappa shape index (κ3) is 3.75. The number of rotatable bonds is 3. The molecule has 1 aromatic heterocycles. The molecule has 1 fully saturated rings. The molecule has 1 heterocycles. The zero-order chi connectivity index (χ0) is 16.4. The SMILES string of the molecule is Cc1nnc(-c2ccc(OC(=O)C3CCC(C)CC3)c(F)c2)s1. The molecule has 1 saturated carbocycles. The zero-order valence-corrected chi connectivity index (χ0v) is 14.0. The maximum atomic E-state index is 14.2. The first-order valence-electron chi connectivity index (χ1n) is 7.84. The second kappa shape index (κ2) is 6.74. The molecule has 1 aliphatic carbocycles. The number of carbonyl (C=O) groups excluding carboxylic acids is 1. The number of hydrogen-bond acceptors (Lipinski definition) is 5. The standard InChI is InChI=1S/C17H19FN2O2S/c1-10-3-5-12(6-4-10)17(21)22-15-8-7-13(9-14(15)18)16-20-19-11(2)23-16/h7-10,12H,3-6H2,1-2H3. The molecule has 4 nitrogen and oxygen atoms in total. The molecule has 1 aromatic carbocycles. The number of nitrogens with zero attached hydrogens (tertiary/aromatic N) is 2. The summed E-state index contributed by atoms with van der Waals surface area (Å²) in [5.74, 6) is -0.344. The summed E-state index contributed by atoms with van der Waals surface area (Å²) in [6.07, 6.45) is 3.70. The van der Waals surface area contributed by atoms with Crippen molar-refractivity contribution in [1.29, 1.82) is 0 Å². The smallest absolute Gasteiger partial charge is 0.314 e. The first kappa shape index (κ1) is 16.1. The summed E-state index contributed by atoms with van der Waals surface area (Å²) in [6, 6.07) is 4.53. The summed E-state index contributed by atoms with van der Waals surface area (Å²) in [5, 5.41) is 9.39. The number of aryl methyl sites for hydroxylation is 1. The number of aromatic nitrogens is 2. The Labute approximate surface area is 138 Å². The molecule has 2 aromatic rings. The van der Waals surface area contributed by atoms with Gasteiger partial charge < -0.3 is 4.74 Å². The molecule has 0 atom stereocenters. The lowest BCUT2D eigenvalue weighted by atomic mass is 9.83. The van der Waals surface area contributed by atoms with Gasteiger partial charge in [0.15, 0.2) is 11.6 Å². The Morgan fingerprint density at radius 2 is 2.00 bits per heavy atom.